The lowest BCUT2D eigenvalue weighted by Gasteiger charge is -2.11. The van der Waals surface area contributed by atoms with Gasteiger partial charge in [-0.2, -0.15) is 0 Å². The van der Waals surface area contributed by atoms with Gasteiger partial charge in [0.1, 0.15) is 0 Å². The van der Waals surface area contributed by atoms with Gasteiger partial charge >= 0.3 is 0 Å². The maximum Gasteiger partial charge on any atom is 0.224 e. The second kappa shape index (κ2) is 7.05. The summed E-state index contributed by atoms with van der Waals surface area (Å²) in [7, 11) is 0. The zero-order valence-electron chi connectivity index (χ0n) is 11.6. The lowest BCUT2D eigenvalue weighted by Crippen LogP contribution is -2.32. The van der Waals surface area contributed by atoms with Crippen molar-refractivity contribution in [1.82, 2.24) is 5.32 Å². The molecule has 2 amide bonds. The highest BCUT2D eigenvalue weighted by Crippen LogP contribution is 2.11. The van der Waals surface area contributed by atoms with E-state index in [0.29, 0.717) is 13.0 Å². The average molecular weight is 276 g/mol. The van der Waals surface area contributed by atoms with Crippen LogP contribution < -0.4 is 10.6 Å². The van der Waals surface area contributed by atoms with Crippen LogP contribution in [0.5, 0.6) is 0 Å². The topological polar surface area (TPSA) is 67.4 Å². The SMILES string of the molecule is CC(=O)Nc1ccc(CC(=O)NCC2CCCO2)cc1. The number of carbonyl (C=O) groups is 2. The molecule has 2 rings (SSSR count). The Hall–Kier alpha value is -1.88. The number of ether oxygens (including phenoxy) is 1. The number of benzene rings is 1. The molecule has 1 aromatic carbocycles. The molecule has 0 bridgehead atoms. The molecule has 0 spiro atoms. The van der Waals surface area contributed by atoms with E-state index >= 15 is 0 Å². The summed E-state index contributed by atoms with van der Waals surface area (Å²) in [6, 6.07) is 7.28. The molecule has 20 heavy (non-hydrogen) atoms. The van der Waals surface area contributed by atoms with Crippen LogP contribution in [0.25, 0.3) is 0 Å². The molecule has 5 heteroatoms. The zero-order chi connectivity index (χ0) is 14.4. The van der Waals surface area contributed by atoms with Crippen molar-refractivity contribution < 1.29 is 14.3 Å². The maximum atomic E-state index is 11.8. The average Bonchev–Trinajstić information content (AvgIpc) is 2.91. The van der Waals surface area contributed by atoms with E-state index < -0.39 is 0 Å². The number of amides is 2. The Labute approximate surface area is 118 Å². The van der Waals surface area contributed by atoms with Crippen molar-refractivity contribution in [3.05, 3.63) is 29.8 Å². The van der Waals surface area contributed by atoms with E-state index in [2.05, 4.69) is 10.6 Å². The smallest absolute Gasteiger partial charge is 0.224 e. The van der Waals surface area contributed by atoms with Crippen LogP contribution in [0, 0.1) is 0 Å². The number of hydrogen-bond donors (Lipinski definition) is 2. The Morgan fingerprint density at radius 1 is 1.30 bits per heavy atom. The van der Waals surface area contributed by atoms with Gasteiger partial charge in [-0.25, -0.2) is 0 Å². The minimum absolute atomic E-state index is 0.00669. The standard InChI is InChI=1S/C15H20N2O3/c1-11(18)17-13-6-4-12(5-7-13)9-15(19)16-10-14-3-2-8-20-14/h4-7,14H,2-3,8-10H2,1H3,(H,16,19)(H,17,18). The fraction of sp³-hybridized carbons (Fsp3) is 0.467. The molecule has 1 aliphatic rings. The van der Waals surface area contributed by atoms with Crippen molar-refractivity contribution in [2.24, 2.45) is 0 Å². The molecule has 1 fully saturated rings. The first-order valence-corrected chi connectivity index (χ1v) is 6.88. The molecular formula is C15H20N2O3. The monoisotopic (exact) mass is 276 g/mol. The summed E-state index contributed by atoms with van der Waals surface area (Å²) in [5, 5.41) is 5.58. The Bertz CT molecular complexity index is 465. The molecule has 0 saturated carbocycles. The van der Waals surface area contributed by atoms with Gasteiger partial charge in [-0.3, -0.25) is 9.59 Å². The first kappa shape index (κ1) is 14.5. The van der Waals surface area contributed by atoms with Crippen LogP contribution in [-0.4, -0.2) is 31.1 Å². The molecule has 1 atom stereocenters. The fourth-order valence-electron chi connectivity index (χ4n) is 2.19. The predicted octanol–water partition coefficient (Wildman–Crippen LogP) is 1.48. The maximum absolute atomic E-state index is 11.8. The lowest BCUT2D eigenvalue weighted by molar-refractivity contribution is -0.121. The molecule has 0 aromatic heterocycles. The van der Waals surface area contributed by atoms with E-state index in [0.717, 1.165) is 30.7 Å². The first-order valence-electron chi connectivity index (χ1n) is 6.88. The van der Waals surface area contributed by atoms with E-state index in [1.54, 1.807) is 12.1 Å². The molecule has 1 aliphatic heterocycles. The fourth-order valence-corrected chi connectivity index (χ4v) is 2.19. The molecule has 1 heterocycles. The number of hydrogen-bond acceptors (Lipinski definition) is 3. The van der Waals surface area contributed by atoms with Crippen LogP contribution in [0.3, 0.4) is 0 Å². The molecule has 0 aliphatic carbocycles. The molecular weight excluding hydrogens is 256 g/mol. The molecule has 1 unspecified atom stereocenters. The summed E-state index contributed by atoms with van der Waals surface area (Å²) in [6.45, 7) is 2.85. The molecule has 108 valence electrons. The summed E-state index contributed by atoms with van der Waals surface area (Å²) < 4.78 is 5.45. The van der Waals surface area contributed by atoms with Gasteiger partial charge in [-0.15, -0.1) is 0 Å². The molecule has 1 aromatic rings. The van der Waals surface area contributed by atoms with Crippen molar-refractivity contribution in [3.63, 3.8) is 0 Å². The summed E-state index contributed by atoms with van der Waals surface area (Å²) >= 11 is 0. The molecule has 5 nitrogen and oxygen atoms in total. The van der Waals surface area contributed by atoms with Gasteiger partial charge in [-0.1, -0.05) is 12.1 Å². The summed E-state index contributed by atoms with van der Waals surface area (Å²) in [5.41, 5.74) is 1.66. The van der Waals surface area contributed by atoms with Gasteiger partial charge in [0, 0.05) is 25.8 Å². The number of rotatable bonds is 5. The van der Waals surface area contributed by atoms with Gasteiger partial charge in [0.15, 0.2) is 0 Å². The Morgan fingerprint density at radius 2 is 2.05 bits per heavy atom. The predicted molar refractivity (Wildman–Crippen MR) is 76.4 cm³/mol. The molecule has 1 saturated heterocycles. The Kier molecular flexibility index (Phi) is 5.12. The van der Waals surface area contributed by atoms with Gasteiger partial charge in [0.2, 0.25) is 11.8 Å². The van der Waals surface area contributed by atoms with Crippen molar-refractivity contribution in [1.29, 1.82) is 0 Å². The van der Waals surface area contributed by atoms with Crippen molar-refractivity contribution >= 4 is 17.5 Å². The minimum atomic E-state index is -0.105. The summed E-state index contributed by atoms with van der Waals surface area (Å²) in [5.74, 6) is -0.111. The number of nitrogens with one attached hydrogen (secondary N) is 2. The van der Waals surface area contributed by atoms with Crippen LogP contribution in [-0.2, 0) is 20.7 Å². The van der Waals surface area contributed by atoms with E-state index in [-0.39, 0.29) is 17.9 Å². The highest BCUT2D eigenvalue weighted by Gasteiger charge is 2.16. The van der Waals surface area contributed by atoms with E-state index in [1.807, 2.05) is 12.1 Å². The van der Waals surface area contributed by atoms with Crippen LogP contribution in [0.15, 0.2) is 24.3 Å². The van der Waals surface area contributed by atoms with Gasteiger partial charge in [-0.05, 0) is 30.5 Å². The van der Waals surface area contributed by atoms with E-state index in [4.69, 9.17) is 4.74 Å². The van der Waals surface area contributed by atoms with E-state index in [1.165, 1.54) is 6.92 Å². The summed E-state index contributed by atoms with van der Waals surface area (Å²) in [4.78, 5) is 22.7. The van der Waals surface area contributed by atoms with Gasteiger partial charge < -0.3 is 15.4 Å². The normalized spacial score (nSPS) is 17.8. The quantitative estimate of drug-likeness (QED) is 0.856. The second-order valence-electron chi connectivity index (χ2n) is 4.99. The van der Waals surface area contributed by atoms with Crippen molar-refractivity contribution in [2.75, 3.05) is 18.5 Å². The summed E-state index contributed by atoms with van der Waals surface area (Å²) in [6.07, 6.45) is 2.60. The van der Waals surface area contributed by atoms with Gasteiger partial charge in [0.25, 0.3) is 0 Å². The van der Waals surface area contributed by atoms with Crippen LogP contribution >= 0.6 is 0 Å². The van der Waals surface area contributed by atoms with Crippen molar-refractivity contribution in [2.45, 2.75) is 32.3 Å². The molecule has 2 N–H and O–H groups in total. The van der Waals surface area contributed by atoms with E-state index in [9.17, 15) is 9.59 Å². The van der Waals surface area contributed by atoms with Crippen LogP contribution in [0.1, 0.15) is 25.3 Å². The minimum Gasteiger partial charge on any atom is -0.376 e. The third kappa shape index (κ3) is 4.66. The first-order chi connectivity index (χ1) is 9.63. The molecule has 0 radical (unpaired) electrons. The highest BCUT2D eigenvalue weighted by molar-refractivity contribution is 5.88. The largest absolute Gasteiger partial charge is 0.376 e. The van der Waals surface area contributed by atoms with Crippen LogP contribution in [0.2, 0.25) is 0 Å². The third-order valence-electron chi connectivity index (χ3n) is 3.19. The third-order valence-corrected chi connectivity index (χ3v) is 3.19. The number of anilines is 1. The lowest BCUT2D eigenvalue weighted by atomic mass is 10.1. The van der Waals surface area contributed by atoms with Crippen LogP contribution in [0.4, 0.5) is 5.69 Å². The van der Waals surface area contributed by atoms with Gasteiger partial charge in [0.05, 0.1) is 12.5 Å². The zero-order valence-corrected chi connectivity index (χ0v) is 11.6. The number of carbonyl (C=O) groups excluding carboxylic acids is 2. The highest BCUT2D eigenvalue weighted by atomic mass is 16.5. The Morgan fingerprint density at radius 3 is 2.65 bits per heavy atom. The Balaban J connectivity index is 1.76. The van der Waals surface area contributed by atoms with Crippen molar-refractivity contribution in [3.8, 4) is 0 Å². The second-order valence-corrected chi connectivity index (χ2v) is 4.99.